The molecule has 0 saturated heterocycles. The second kappa shape index (κ2) is 3.32. The molecule has 2 heterocycles. The minimum absolute atomic E-state index is 0.274. The highest BCUT2D eigenvalue weighted by atomic mass is 32.1. The summed E-state index contributed by atoms with van der Waals surface area (Å²) in [5.74, 6) is 0. The zero-order valence-electron chi connectivity index (χ0n) is 9.36. The number of oxime groups is 1. The Hall–Kier alpha value is -1.35. The number of benzene rings is 1. The highest BCUT2D eigenvalue weighted by Gasteiger charge is 2.36. The van der Waals surface area contributed by atoms with E-state index in [9.17, 15) is 0 Å². The van der Waals surface area contributed by atoms with Crippen LogP contribution < -0.4 is 0 Å². The molecule has 1 aromatic heterocycles. The van der Waals surface area contributed by atoms with Gasteiger partial charge in [0, 0.05) is 16.7 Å². The van der Waals surface area contributed by atoms with Crippen LogP contribution in [0.3, 0.4) is 0 Å². The van der Waals surface area contributed by atoms with Gasteiger partial charge in [0.1, 0.15) is 0 Å². The normalized spacial score (nSPS) is 24.5. The average Bonchev–Trinajstić information content (AvgIpc) is 2.83. The van der Waals surface area contributed by atoms with Gasteiger partial charge in [0.2, 0.25) is 0 Å². The summed E-state index contributed by atoms with van der Waals surface area (Å²) in [4.78, 5) is 5.60. The summed E-state index contributed by atoms with van der Waals surface area (Å²) in [6.45, 7) is 4.13. The molecule has 0 aliphatic carbocycles. The fourth-order valence-corrected chi connectivity index (χ4v) is 3.35. The largest absolute Gasteiger partial charge is 0.384 e. The number of hydrogen-bond acceptors (Lipinski definition) is 3. The van der Waals surface area contributed by atoms with Gasteiger partial charge in [-0.1, -0.05) is 23.4 Å². The van der Waals surface area contributed by atoms with E-state index in [0.29, 0.717) is 0 Å². The highest BCUT2D eigenvalue weighted by Crippen LogP contribution is 2.40. The van der Waals surface area contributed by atoms with Crippen LogP contribution in [0.1, 0.15) is 25.8 Å². The maximum absolute atomic E-state index is 5.60. The Labute approximate surface area is 98.5 Å². The van der Waals surface area contributed by atoms with E-state index in [1.807, 2.05) is 6.92 Å². The second-order valence-electron chi connectivity index (χ2n) is 4.47. The summed E-state index contributed by atoms with van der Waals surface area (Å²) in [5, 5.41) is 7.56. The fraction of sp³-hybridized carbons (Fsp3) is 0.308. The van der Waals surface area contributed by atoms with Crippen LogP contribution in [0.2, 0.25) is 0 Å². The van der Waals surface area contributed by atoms with Crippen molar-refractivity contribution < 1.29 is 4.84 Å². The van der Waals surface area contributed by atoms with Crippen LogP contribution >= 0.6 is 11.3 Å². The molecule has 0 amide bonds. The lowest BCUT2D eigenvalue weighted by Crippen LogP contribution is -2.20. The molecule has 0 N–H and O–H groups in total. The summed E-state index contributed by atoms with van der Waals surface area (Å²) in [7, 11) is 0. The Balaban J connectivity index is 2.13. The van der Waals surface area contributed by atoms with E-state index in [2.05, 4.69) is 41.7 Å². The molecule has 1 aliphatic heterocycles. The van der Waals surface area contributed by atoms with Crippen LogP contribution in [-0.2, 0) is 10.4 Å². The van der Waals surface area contributed by atoms with Crippen molar-refractivity contribution in [2.75, 3.05) is 0 Å². The van der Waals surface area contributed by atoms with Crippen molar-refractivity contribution in [3.05, 3.63) is 35.2 Å². The van der Waals surface area contributed by atoms with Gasteiger partial charge in [-0.05, 0) is 30.7 Å². The first kappa shape index (κ1) is 9.85. The molecular weight excluding hydrogens is 218 g/mol. The van der Waals surface area contributed by atoms with E-state index < -0.39 is 0 Å². The zero-order valence-corrected chi connectivity index (χ0v) is 10.2. The molecule has 0 saturated carbocycles. The van der Waals surface area contributed by atoms with Crippen molar-refractivity contribution in [2.24, 2.45) is 5.16 Å². The molecule has 1 unspecified atom stereocenters. The lowest BCUT2D eigenvalue weighted by atomic mass is 9.91. The maximum Gasteiger partial charge on any atom is 0.166 e. The fourth-order valence-electron chi connectivity index (χ4n) is 2.26. The summed E-state index contributed by atoms with van der Waals surface area (Å²) < 4.78 is 1.31. The molecular formula is C13H13NOS. The van der Waals surface area contributed by atoms with E-state index in [1.165, 1.54) is 15.6 Å². The van der Waals surface area contributed by atoms with E-state index in [1.54, 1.807) is 11.3 Å². The number of hydrogen-bond donors (Lipinski definition) is 0. The number of thiophene rings is 1. The van der Waals surface area contributed by atoms with Gasteiger partial charge in [0.05, 0.1) is 5.71 Å². The van der Waals surface area contributed by atoms with Crippen molar-refractivity contribution in [3.8, 4) is 0 Å². The molecule has 82 valence electrons. The van der Waals surface area contributed by atoms with Crippen molar-refractivity contribution in [3.63, 3.8) is 0 Å². The summed E-state index contributed by atoms with van der Waals surface area (Å²) in [6, 6.07) is 8.45. The van der Waals surface area contributed by atoms with Gasteiger partial charge in [0.15, 0.2) is 5.60 Å². The zero-order chi connectivity index (χ0) is 11.2. The van der Waals surface area contributed by atoms with E-state index >= 15 is 0 Å². The maximum atomic E-state index is 5.60. The molecule has 0 spiro atoms. The van der Waals surface area contributed by atoms with Crippen LogP contribution in [0, 0.1) is 0 Å². The Morgan fingerprint density at radius 2 is 2.19 bits per heavy atom. The van der Waals surface area contributed by atoms with Gasteiger partial charge in [-0.2, -0.15) is 0 Å². The third-order valence-electron chi connectivity index (χ3n) is 3.05. The van der Waals surface area contributed by atoms with Crippen molar-refractivity contribution in [1.82, 2.24) is 0 Å². The van der Waals surface area contributed by atoms with Gasteiger partial charge in [-0.15, -0.1) is 11.3 Å². The number of fused-ring (bicyclic) bond motifs is 1. The molecule has 0 bridgehead atoms. The molecule has 2 aromatic rings. The minimum atomic E-state index is -0.274. The standard InChI is InChI=1S/C13H13NOS/c1-9-7-13(2,15-14-9)11-8-16-12-6-4-3-5-10(11)12/h3-6,8H,7H2,1-2H3. The summed E-state index contributed by atoms with van der Waals surface area (Å²) >= 11 is 1.77. The van der Waals surface area contributed by atoms with Crippen LogP contribution in [0.25, 0.3) is 10.1 Å². The quantitative estimate of drug-likeness (QED) is 0.729. The SMILES string of the molecule is CC1=NOC(C)(c2csc3ccccc23)C1. The van der Waals surface area contributed by atoms with Crippen molar-refractivity contribution >= 4 is 27.1 Å². The van der Waals surface area contributed by atoms with Gasteiger partial charge in [0.25, 0.3) is 0 Å². The first-order valence-corrected chi connectivity index (χ1v) is 6.25. The Kier molecular flexibility index (Phi) is 2.04. The lowest BCUT2D eigenvalue weighted by Gasteiger charge is -2.20. The predicted molar refractivity (Wildman–Crippen MR) is 68.0 cm³/mol. The summed E-state index contributed by atoms with van der Waals surface area (Å²) in [5.41, 5.74) is 2.05. The molecule has 3 rings (SSSR count). The van der Waals surface area contributed by atoms with E-state index in [4.69, 9.17) is 4.84 Å². The summed E-state index contributed by atoms with van der Waals surface area (Å²) in [6.07, 6.45) is 0.883. The van der Waals surface area contributed by atoms with Gasteiger partial charge >= 0.3 is 0 Å². The number of nitrogens with zero attached hydrogens (tertiary/aromatic N) is 1. The van der Waals surface area contributed by atoms with Crippen LogP contribution in [0.15, 0.2) is 34.8 Å². The lowest BCUT2D eigenvalue weighted by molar-refractivity contribution is -0.00594. The smallest absolute Gasteiger partial charge is 0.166 e. The third kappa shape index (κ3) is 1.35. The molecule has 16 heavy (non-hydrogen) atoms. The Morgan fingerprint density at radius 1 is 1.38 bits per heavy atom. The van der Waals surface area contributed by atoms with Crippen molar-refractivity contribution in [1.29, 1.82) is 0 Å². The monoisotopic (exact) mass is 231 g/mol. The molecule has 1 atom stereocenters. The van der Waals surface area contributed by atoms with Gasteiger partial charge in [-0.25, -0.2) is 0 Å². The van der Waals surface area contributed by atoms with Gasteiger partial charge in [-0.3, -0.25) is 0 Å². The highest BCUT2D eigenvalue weighted by molar-refractivity contribution is 7.17. The molecule has 0 radical (unpaired) electrons. The first-order chi connectivity index (χ1) is 7.69. The topological polar surface area (TPSA) is 21.6 Å². The van der Waals surface area contributed by atoms with Crippen LogP contribution in [-0.4, -0.2) is 5.71 Å². The van der Waals surface area contributed by atoms with E-state index in [0.717, 1.165) is 12.1 Å². The number of rotatable bonds is 1. The predicted octanol–water partition coefficient (Wildman–Crippen LogP) is 3.91. The second-order valence-corrected chi connectivity index (χ2v) is 5.38. The minimum Gasteiger partial charge on any atom is -0.384 e. The molecule has 2 nitrogen and oxygen atoms in total. The Bertz CT molecular complexity index is 572. The molecule has 3 heteroatoms. The average molecular weight is 231 g/mol. The van der Waals surface area contributed by atoms with E-state index in [-0.39, 0.29) is 5.60 Å². The molecule has 0 fully saturated rings. The van der Waals surface area contributed by atoms with Crippen LogP contribution in [0.4, 0.5) is 0 Å². The van der Waals surface area contributed by atoms with Crippen LogP contribution in [0.5, 0.6) is 0 Å². The Morgan fingerprint density at radius 3 is 2.94 bits per heavy atom. The third-order valence-corrected chi connectivity index (χ3v) is 4.01. The van der Waals surface area contributed by atoms with Crippen molar-refractivity contribution in [2.45, 2.75) is 25.9 Å². The molecule has 1 aliphatic rings. The molecule has 1 aromatic carbocycles. The first-order valence-electron chi connectivity index (χ1n) is 5.37. The van der Waals surface area contributed by atoms with Gasteiger partial charge < -0.3 is 4.84 Å².